The highest BCUT2D eigenvalue weighted by Crippen LogP contribution is 2.12. The minimum atomic E-state index is 0.835. The highest BCUT2D eigenvalue weighted by Gasteiger charge is 2.04. The van der Waals surface area contributed by atoms with Crippen LogP contribution in [0.5, 0.6) is 0 Å². The molecule has 1 aromatic rings. The largest absolute Gasteiger partial charge is 0.303 e. The van der Waals surface area contributed by atoms with Crippen LogP contribution in [0.15, 0.2) is 24.3 Å². The van der Waals surface area contributed by atoms with Crippen molar-refractivity contribution in [2.75, 3.05) is 19.6 Å². The van der Waals surface area contributed by atoms with Crippen LogP contribution in [0.2, 0.25) is 5.02 Å². The van der Waals surface area contributed by atoms with Crippen LogP contribution in [0.3, 0.4) is 0 Å². The second-order valence-corrected chi connectivity index (χ2v) is 6.78. The molecule has 126 valence electrons. The maximum atomic E-state index is 5.93. The molecular weight excluding hydrogens is 290 g/mol. The summed E-state index contributed by atoms with van der Waals surface area (Å²) in [6.07, 6.45) is 11.9. The van der Waals surface area contributed by atoms with Gasteiger partial charge in [0.25, 0.3) is 0 Å². The SMILES string of the molecule is CCCCCN(CCCCC)CCCCc1ccc(Cl)cc1. The summed E-state index contributed by atoms with van der Waals surface area (Å²) < 4.78 is 0. The van der Waals surface area contributed by atoms with Gasteiger partial charge in [0.15, 0.2) is 0 Å². The van der Waals surface area contributed by atoms with Crippen molar-refractivity contribution in [1.82, 2.24) is 4.90 Å². The number of rotatable bonds is 13. The molecular formula is C20H34ClN. The zero-order valence-electron chi connectivity index (χ0n) is 14.6. The Balaban J connectivity index is 2.21. The van der Waals surface area contributed by atoms with Crippen molar-refractivity contribution in [3.05, 3.63) is 34.9 Å². The molecule has 0 fully saturated rings. The molecule has 0 saturated heterocycles. The van der Waals surface area contributed by atoms with Gasteiger partial charge in [0.2, 0.25) is 0 Å². The Morgan fingerprint density at radius 3 is 1.73 bits per heavy atom. The highest BCUT2D eigenvalue weighted by atomic mass is 35.5. The number of hydrogen-bond acceptors (Lipinski definition) is 1. The maximum absolute atomic E-state index is 5.93. The molecule has 0 spiro atoms. The molecule has 2 heteroatoms. The fourth-order valence-corrected chi connectivity index (χ4v) is 2.95. The average Bonchev–Trinajstić information content (AvgIpc) is 2.53. The predicted molar refractivity (Wildman–Crippen MR) is 99.9 cm³/mol. The number of benzene rings is 1. The van der Waals surface area contributed by atoms with Gasteiger partial charge < -0.3 is 4.90 Å². The summed E-state index contributed by atoms with van der Waals surface area (Å²) in [5.74, 6) is 0. The molecule has 0 amide bonds. The number of halogens is 1. The van der Waals surface area contributed by atoms with Crippen molar-refractivity contribution in [3.8, 4) is 0 Å². The van der Waals surface area contributed by atoms with Gasteiger partial charge in [-0.25, -0.2) is 0 Å². The van der Waals surface area contributed by atoms with Crippen molar-refractivity contribution >= 4 is 11.6 Å². The first-order valence-corrected chi connectivity index (χ1v) is 9.60. The predicted octanol–water partition coefficient (Wildman–Crippen LogP) is 6.35. The first-order chi connectivity index (χ1) is 10.8. The summed E-state index contributed by atoms with van der Waals surface area (Å²) in [5, 5.41) is 0.835. The maximum Gasteiger partial charge on any atom is 0.0406 e. The molecule has 0 radical (unpaired) electrons. The van der Waals surface area contributed by atoms with Crippen LogP contribution in [-0.2, 0) is 6.42 Å². The summed E-state index contributed by atoms with van der Waals surface area (Å²) >= 11 is 5.93. The molecule has 0 aliphatic heterocycles. The Bertz CT molecular complexity index is 350. The van der Waals surface area contributed by atoms with E-state index >= 15 is 0 Å². The number of unbranched alkanes of at least 4 members (excludes halogenated alkanes) is 5. The summed E-state index contributed by atoms with van der Waals surface area (Å²) in [6, 6.07) is 8.31. The molecule has 0 aliphatic carbocycles. The van der Waals surface area contributed by atoms with Gasteiger partial charge in [-0.15, -0.1) is 0 Å². The van der Waals surface area contributed by atoms with E-state index in [1.54, 1.807) is 0 Å². The van der Waals surface area contributed by atoms with Gasteiger partial charge >= 0.3 is 0 Å². The third-order valence-corrected chi connectivity index (χ3v) is 4.51. The number of hydrogen-bond donors (Lipinski definition) is 0. The van der Waals surface area contributed by atoms with Gasteiger partial charge in [-0.1, -0.05) is 63.3 Å². The van der Waals surface area contributed by atoms with E-state index < -0.39 is 0 Å². The second-order valence-electron chi connectivity index (χ2n) is 6.34. The summed E-state index contributed by atoms with van der Waals surface area (Å²) in [4.78, 5) is 2.69. The molecule has 0 unspecified atom stereocenters. The third-order valence-electron chi connectivity index (χ3n) is 4.26. The van der Waals surface area contributed by atoms with Crippen LogP contribution >= 0.6 is 11.6 Å². The molecule has 1 nitrogen and oxygen atoms in total. The van der Waals surface area contributed by atoms with Gasteiger partial charge in [0.05, 0.1) is 0 Å². The lowest BCUT2D eigenvalue weighted by molar-refractivity contribution is 0.257. The molecule has 0 N–H and O–H groups in total. The minimum Gasteiger partial charge on any atom is -0.303 e. The average molecular weight is 324 g/mol. The Morgan fingerprint density at radius 1 is 0.727 bits per heavy atom. The normalized spacial score (nSPS) is 11.3. The monoisotopic (exact) mass is 323 g/mol. The van der Waals surface area contributed by atoms with Crippen molar-refractivity contribution in [2.45, 2.75) is 71.6 Å². The lowest BCUT2D eigenvalue weighted by atomic mass is 10.1. The van der Waals surface area contributed by atoms with Crippen molar-refractivity contribution in [3.63, 3.8) is 0 Å². The van der Waals surface area contributed by atoms with Crippen LogP contribution in [0, 0.1) is 0 Å². The van der Waals surface area contributed by atoms with Crippen molar-refractivity contribution in [1.29, 1.82) is 0 Å². The van der Waals surface area contributed by atoms with Gasteiger partial charge in [-0.05, 0) is 69.4 Å². The molecule has 0 bridgehead atoms. The highest BCUT2D eigenvalue weighted by molar-refractivity contribution is 6.30. The number of aryl methyl sites for hydroxylation is 1. The van der Waals surface area contributed by atoms with Gasteiger partial charge in [-0.2, -0.15) is 0 Å². The summed E-state index contributed by atoms with van der Waals surface area (Å²) in [7, 11) is 0. The minimum absolute atomic E-state index is 0.835. The zero-order valence-corrected chi connectivity index (χ0v) is 15.4. The van der Waals surface area contributed by atoms with E-state index in [1.165, 1.54) is 83.0 Å². The molecule has 1 aromatic carbocycles. The Labute approximate surface area is 143 Å². The molecule has 0 saturated carbocycles. The second kappa shape index (κ2) is 13.0. The van der Waals surface area contributed by atoms with Crippen LogP contribution in [-0.4, -0.2) is 24.5 Å². The van der Waals surface area contributed by atoms with Crippen LogP contribution < -0.4 is 0 Å². The van der Waals surface area contributed by atoms with E-state index in [-0.39, 0.29) is 0 Å². The smallest absolute Gasteiger partial charge is 0.0406 e. The third kappa shape index (κ3) is 9.48. The first kappa shape index (κ1) is 19.5. The van der Waals surface area contributed by atoms with Crippen LogP contribution in [0.1, 0.15) is 70.8 Å². The van der Waals surface area contributed by atoms with Crippen molar-refractivity contribution < 1.29 is 0 Å². The molecule has 22 heavy (non-hydrogen) atoms. The van der Waals surface area contributed by atoms with Crippen LogP contribution in [0.4, 0.5) is 0 Å². The van der Waals surface area contributed by atoms with Crippen molar-refractivity contribution in [2.24, 2.45) is 0 Å². The van der Waals surface area contributed by atoms with E-state index in [0.29, 0.717) is 0 Å². The van der Waals surface area contributed by atoms with E-state index in [0.717, 1.165) is 5.02 Å². The fraction of sp³-hybridized carbons (Fsp3) is 0.700. The standard InChI is InChI=1S/C20H34ClN/c1-3-5-8-16-22(17-9-6-4-2)18-10-7-11-19-12-14-20(21)15-13-19/h12-15H,3-11,16-18H2,1-2H3. The molecule has 0 aliphatic rings. The summed E-state index contributed by atoms with van der Waals surface area (Å²) in [5.41, 5.74) is 1.41. The first-order valence-electron chi connectivity index (χ1n) is 9.23. The van der Waals surface area contributed by atoms with E-state index in [4.69, 9.17) is 11.6 Å². The molecule has 1 rings (SSSR count). The topological polar surface area (TPSA) is 3.24 Å². The molecule has 0 heterocycles. The Hall–Kier alpha value is -0.530. The molecule has 0 atom stereocenters. The Kier molecular flexibility index (Phi) is 11.5. The quantitative estimate of drug-likeness (QED) is 0.382. The summed E-state index contributed by atoms with van der Waals surface area (Å²) in [6.45, 7) is 8.42. The zero-order chi connectivity index (χ0) is 16.0. The van der Waals surface area contributed by atoms with Crippen LogP contribution in [0.25, 0.3) is 0 Å². The van der Waals surface area contributed by atoms with E-state index in [2.05, 4.69) is 30.9 Å². The van der Waals surface area contributed by atoms with Gasteiger partial charge in [0, 0.05) is 5.02 Å². The Morgan fingerprint density at radius 2 is 1.23 bits per heavy atom. The van der Waals surface area contributed by atoms with Gasteiger partial charge in [-0.3, -0.25) is 0 Å². The lowest BCUT2D eigenvalue weighted by Gasteiger charge is -2.22. The number of nitrogens with zero attached hydrogens (tertiary/aromatic N) is 1. The van der Waals surface area contributed by atoms with Gasteiger partial charge in [0.1, 0.15) is 0 Å². The van der Waals surface area contributed by atoms with E-state index in [1.807, 2.05) is 12.1 Å². The molecule has 0 aromatic heterocycles. The lowest BCUT2D eigenvalue weighted by Crippen LogP contribution is -2.27. The van der Waals surface area contributed by atoms with E-state index in [9.17, 15) is 0 Å². The fourth-order valence-electron chi connectivity index (χ4n) is 2.82.